The van der Waals surface area contributed by atoms with Crippen molar-refractivity contribution in [3.8, 4) is 17.0 Å². The highest BCUT2D eigenvalue weighted by Crippen LogP contribution is 2.27. The van der Waals surface area contributed by atoms with Crippen LogP contribution in [0.2, 0.25) is 0 Å². The van der Waals surface area contributed by atoms with E-state index in [1.54, 1.807) is 19.2 Å². The number of alkyl halides is 3. The van der Waals surface area contributed by atoms with Gasteiger partial charge in [-0.25, -0.2) is 14.2 Å². The summed E-state index contributed by atoms with van der Waals surface area (Å²) in [6.45, 7) is 2.96. The van der Waals surface area contributed by atoms with Gasteiger partial charge < -0.3 is 14.4 Å². The third kappa shape index (κ3) is 7.34. The van der Waals surface area contributed by atoms with Crippen molar-refractivity contribution in [2.75, 3.05) is 7.11 Å². The van der Waals surface area contributed by atoms with Crippen LogP contribution in [0.25, 0.3) is 11.3 Å². The summed E-state index contributed by atoms with van der Waals surface area (Å²) >= 11 is 0. The number of hydrogen-bond donors (Lipinski definition) is 1. The average molecular weight is 466 g/mol. The molecule has 0 saturated carbocycles. The van der Waals surface area contributed by atoms with E-state index >= 15 is 0 Å². The van der Waals surface area contributed by atoms with E-state index in [4.69, 9.17) is 14.6 Å². The number of aryl methyl sites for hydroxylation is 2. The molecule has 0 saturated heterocycles. The first kappa shape index (κ1) is 25.9. The van der Waals surface area contributed by atoms with Gasteiger partial charge in [0.15, 0.2) is 0 Å². The SMILES string of the molecule is CCCCc1c(-c2ccccc2F)ncn1CCc1ccccc1OC.O=C(O)C(F)(F)F. The van der Waals surface area contributed by atoms with Gasteiger partial charge in [0.05, 0.1) is 19.1 Å². The Morgan fingerprint density at radius 2 is 1.73 bits per heavy atom. The number of unbranched alkanes of at least 4 members (excludes halogenated alkanes) is 1. The van der Waals surface area contributed by atoms with Crippen molar-refractivity contribution in [3.05, 3.63) is 71.9 Å². The third-order valence-corrected chi connectivity index (χ3v) is 4.90. The number of para-hydroxylation sites is 1. The minimum atomic E-state index is -5.08. The first-order valence-electron chi connectivity index (χ1n) is 10.4. The second-order valence-corrected chi connectivity index (χ2v) is 7.18. The van der Waals surface area contributed by atoms with Crippen LogP contribution < -0.4 is 4.74 Å². The molecule has 33 heavy (non-hydrogen) atoms. The minimum Gasteiger partial charge on any atom is -0.496 e. The maximum atomic E-state index is 14.3. The molecule has 178 valence electrons. The van der Waals surface area contributed by atoms with Gasteiger partial charge in [0.25, 0.3) is 0 Å². The van der Waals surface area contributed by atoms with Crippen molar-refractivity contribution in [3.63, 3.8) is 0 Å². The van der Waals surface area contributed by atoms with Gasteiger partial charge in [-0.2, -0.15) is 13.2 Å². The van der Waals surface area contributed by atoms with E-state index < -0.39 is 12.1 Å². The fraction of sp³-hybridized carbons (Fsp3) is 0.333. The molecule has 0 fully saturated rings. The molecule has 0 radical (unpaired) electrons. The summed E-state index contributed by atoms with van der Waals surface area (Å²) in [5.74, 6) is -2.08. The number of aliphatic carboxylic acids is 1. The Morgan fingerprint density at radius 3 is 2.33 bits per heavy atom. The highest BCUT2D eigenvalue weighted by atomic mass is 19.4. The summed E-state index contributed by atoms with van der Waals surface area (Å²) in [6, 6.07) is 14.9. The molecule has 1 N–H and O–H groups in total. The summed E-state index contributed by atoms with van der Waals surface area (Å²) in [7, 11) is 1.69. The second kappa shape index (κ2) is 12.0. The maximum Gasteiger partial charge on any atom is 0.490 e. The van der Waals surface area contributed by atoms with Crippen LogP contribution in [0.1, 0.15) is 31.0 Å². The number of ether oxygens (including phenoxy) is 1. The average Bonchev–Trinajstić information content (AvgIpc) is 3.18. The Hall–Kier alpha value is -3.36. The van der Waals surface area contributed by atoms with E-state index in [1.165, 1.54) is 6.07 Å². The Morgan fingerprint density at radius 1 is 1.09 bits per heavy atom. The molecule has 0 aliphatic carbocycles. The van der Waals surface area contributed by atoms with Crippen LogP contribution in [0.15, 0.2) is 54.9 Å². The number of benzene rings is 2. The number of aromatic nitrogens is 2. The molecule has 9 heteroatoms. The predicted octanol–water partition coefficient (Wildman–Crippen LogP) is 5.92. The van der Waals surface area contributed by atoms with Crippen LogP contribution >= 0.6 is 0 Å². The summed E-state index contributed by atoms with van der Waals surface area (Å²) in [4.78, 5) is 13.4. The highest BCUT2D eigenvalue weighted by Gasteiger charge is 2.38. The van der Waals surface area contributed by atoms with Crippen molar-refractivity contribution >= 4 is 5.97 Å². The monoisotopic (exact) mass is 466 g/mol. The number of carboxylic acids is 1. The normalized spacial score (nSPS) is 11.0. The smallest absolute Gasteiger partial charge is 0.490 e. The zero-order valence-electron chi connectivity index (χ0n) is 18.4. The molecule has 3 aromatic rings. The van der Waals surface area contributed by atoms with Crippen molar-refractivity contribution < 1.29 is 32.2 Å². The molecular formula is C24H26F4N2O3. The number of methoxy groups -OCH3 is 1. The van der Waals surface area contributed by atoms with Gasteiger partial charge in [-0.15, -0.1) is 0 Å². The largest absolute Gasteiger partial charge is 0.496 e. The molecule has 5 nitrogen and oxygen atoms in total. The van der Waals surface area contributed by atoms with E-state index in [9.17, 15) is 17.6 Å². The van der Waals surface area contributed by atoms with E-state index in [1.807, 2.05) is 30.6 Å². The van der Waals surface area contributed by atoms with Gasteiger partial charge in [0.2, 0.25) is 0 Å². The fourth-order valence-electron chi connectivity index (χ4n) is 3.24. The van der Waals surface area contributed by atoms with Crippen molar-refractivity contribution in [1.29, 1.82) is 0 Å². The first-order valence-corrected chi connectivity index (χ1v) is 10.4. The Kier molecular flexibility index (Phi) is 9.44. The van der Waals surface area contributed by atoms with Gasteiger partial charge in [0.1, 0.15) is 11.6 Å². The van der Waals surface area contributed by atoms with Crippen molar-refractivity contribution in [2.45, 2.75) is 45.3 Å². The lowest BCUT2D eigenvalue weighted by Crippen LogP contribution is -2.21. The number of hydrogen-bond acceptors (Lipinski definition) is 3. The van der Waals surface area contributed by atoms with Crippen LogP contribution in [-0.4, -0.2) is 33.9 Å². The van der Waals surface area contributed by atoms with Gasteiger partial charge in [-0.05, 0) is 43.0 Å². The van der Waals surface area contributed by atoms with Gasteiger partial charge in [-0.1, -0.05) is 43.7 Å². The summed E-state index contributed by atoms with van der Waals surface area (Å²) in [5, 5.41) is 7.12. The Bertz CT molecular complexity index is 1050. The predicted molar refractivity (Wildman–Crippen MR) is 117 cm³/mol. The molecule has 1 aromatic heterocycles. The minimum absolute atomic E-state index is 0.222. The molecule has 0 amide bonds. The zero-order chi connectivity index (χ0) is 24.4. The molecular weight excluding hydrogens is 440 g/mol. The zero-order valence-corrected chi connectivity index (χ0v) is 18.4. The van der Waals surface area contributed by atoms with Crippen LogP contribution in [0.5, 0.6) is 5.75 Å². The van der Waals surface area contributed by atoms with Crippen molar-refractivity contribution in [1.82, 2.24) is 9.55 Å². The van der Waals surface area contributed by atoms with Crippen LogP contribution in [0.4, 0.5) is 17.6 Å². The molecule has 2 aromatic carbocycles. The lowest BCUT2D eigenvalue weighted by atomic mass is 10.1. The molecule has 0 aliphatic rings. The van der Waals surface area contributed by atoms with Crippen LogP contribution in [0, 0.1) is 5.82 Å². The van der Waals surface area contributed by atoms with E-state index in [0.717, 1.165) is 54.9 Å². The molecule has 1 heterocycles. The lowest BCUT2D eigenvalue weighted by molar-refractivity contribution is -0.192. The number of carbonyl (C=O) groups is 1. The molecule has 0 atom stereocenters. The number of rotatable bonds is 8. The number of imidazole rings is 1. The first-order chi connectivity index (χ1) is 15.7. The standard InChI is InChI=1S/C22H25FN2O.C2HF3O2/c1-3-4-12-20-22(18-10-6-7-11-19(18)23)24-16-25(20)15-14-17-9-5-8-13-21(17)26-2;3-2(4,5)1(6)7/h5-11,13,16H,3-4,12,14-15H2,1-2H3;(H,6,7). The number of halogens is 4. The quantitative estimate of drug-likeness (QED) is 0.419. The highest BCUT2D eigenvalue weighted by molar-refractivity contribution is 5.73. The summed E-state index contributed by atoms with van der Waals surface area (Å²) < 4.78 is 53.6. The number of nitrogens with zero attached hydrogens (tertiary/aromatic N) is 2. The molecule has 3 rings (SSSR count). The third-order valence-electron chi connectivity index (χ3n) is 4.90. The van der Waals surface area contributed by atoms with Crippen LogP contribution in [-0.2, 0) is 24.2 Å². The van der Waals surface area contributed by atoms with Gasteiger partial charge in [-0.3, -0.25) is 0 Å². The fourth-order valence-corrected chi connectivity index (χ4v) is 3.24. The van der Waals surface area contributed by atoms with E-state index in [-0.39, 0.29) is 5.82 Å². The Labute approximate surface area is 189 Å². The Balaban J connectivity index is 0.000000479. The molecule has 0 aliphatic heterocycles. The van der Waals surface area contributed by atoms with E-state index in [0.29, 0.717) is 5.56 Å². The topological polar surface area (TPSA) is 64.4 Å². The summed E-state index contributed by atoms with van der Waals surface area (Å²) in [6.07, 6.45) is 0.640. The summed E-state index contributed by atoms with van der Waals surface area (Å²) in [5.41, 5.74) is 3.61. The second-order valence-electron chi connectivity index (χ2n) is 7.18. The molecule has 0 unspecified atom stereocenters. The van der Waals surface area contributed by atoms with E-state index in [2.05, 4.69) is 22.5 Å². The lowest BCUT2D eigenvalue weighted by Gasteiger charge is -2.12. The maximum absolute atomic E-state index is 14.3. The van der Waals surface area contributed by atoms with Gasteiger partial charge in [0, 0.05) is 17.8 Å². The van der Waals surface area contributed by atoms with Gasteiger partial charge >= 0.3 is 12.1 Å². The molecule has 0 bridgehead atoms. The van der Waals surface area contributed by atoms with Crippen molar-refractivity contribution in [2.24, 2.45) is 0 Å². The molecule has 0 spiro atoms. The van der Waals surface area contributed by atoms with Crippen LogP contribution in [0.3, 0.4) is 0 Å². The number of carboxylic acid groups (broad SMARTS) is 1.